The van der Waals surface area contributed by atoms with E-state index in [1.165, 1.54) is 15.9 Å². The Morgan fingerprint density at radius 1 is 1.03 bits per heavy atom. The van der Waals surface area contributed by atoms with Crippen LogP contribution in [-0.4, -0.2) is 20.5 Å². The topological polar surface area (TPSA) is 88.4 Å². The number of nitrogens with one attached hydrogen (secondary N) is 2. The van der Waals surface area contributed by atoms with Crippen LogP contribution in [-0.2, 0) is 6.54 Å². The van der Waals surface area contributed by atoms with Gasteiger partial charge in [0, 0.05) is 22.8 Å². The van der Waals surface area contributed by atoms with Gasteiger partial charge in [0.05, 0.1) is 10.9 Å². The van der Waals surface area contributed by atoms with Crippen LogP contribution in [0.15, 0.2) is 77.6 Å². The number of anilines is 2. The number of rotatable bonds is 5. The molecule has 2 N–H and O–H groups in total. The number of carbonyl (C=O) groups is 1. The second-order valence-corrected chi connectivity index (χ2v) is 8.45. The van der Waals surface area contributed by atoms with Gasteiger partial charge in [0.25, 0.3) is 11.5 Å². The third kappa shape index (κ3) is 4.05. The van der Waals surface area contributed by atoms with Crippen LogP contribution in [0.2, 0.25) is 5.02 Å². The highest BCUT2D eigenvalue weighted by molar-refractivity contribution is 7.20. The lowest BCUT2D eigenvalue weighted by Crippen LogP contribution is -2.22. The summed E-state index contributed by atoms with van der Waals surface area (Å²) in [6.07, 6.45) is 0. The molecule has 5 rings (SSSR count). The van der Waals surface area contributed by atoms with Gasteiger partial charge in [-0.3, -0.25) is 9.59 Å². The van der Waals surface area contributed by atoms with Crippen LogP contribution in [0, 0.1) is 0 Å². The van der Waals surface area contributed by atoms with Crippen molar-refractivity contribution in [1.29, 1.82) is 0 Å². The van der Waals surface area contributed by atoms with E-state index in [9.17, 15) is 9.59 Å². The molecule has 32 heavy (non-hydrogen) atoms. The molecule has 0 radical (unpaired) electrons. The SMILES string of the molecule is O=C(NCc1cccc(Cl)c1)c1cccc(Nc2nn3c(=O)c4ccccc4nc3s2)c1. The molecule has 1 amide bonds. The van der Waals surface area contributed by atoms with E-state index in [-0.39, 0.29) is 11.5 Å². The number of benzene rings is 3. The predicted molar refractivity (Wildman–Crippen MR) is 127 cm³/mol. The molecule has 9 heteroatoms. The second kappa shape index (κ2) is 8.41. The van der Waals surface area contributed by atoms with E-state index in [0.717, 1.165) is 5.56 Å². The number of carbonyl (C=O) groups excluding carboxylic acids is 1. The van der Waals surface area contributed by atoms with Crippen LogP contribution in [0.4, 0.5) is 10.8 Å². The Kier molecular flexibility index (Phi) is 5.30. The molecular formula is C23H16ClN5O2S. The zero-order valence-corrected chi connectivity index (χ0v) is 18.2. The average Bonchev–Trinajstić information content (AvgIpc) is 3.20. The molecule has 0 aliphatic rings. The largest absolute Gasteiger partial charge is 0.348 e. The van der Waals surface area contributed by atoms with Crippen LogP contribution < -0.4 is 16.2 Å². The monoisotopic (exact) mass is 461 g/mol. The first-order chi connectivity index (χ1) is 15.6. The summed E-state index contributed by atoms with van der Waals surface area (Å²) in [5.74, 6) is -0.206. The second-order valence-electron chi connectivity index (χ2n) is 7.05. The molecule has 0 saturated heterocycles. The smallest absolute Gasteiger partial charge is 0.283 e. The van der Waals surface area contributed by atoms with Crippen molar-refractivity contribution >= 4 is 55.5 Å². The van der Waals surface area contributed by atoms with E-state index in [2.05, 4.69) is 20.7 Å². The lowest BCUT2D eigenvalue weighted by molar-refractivity contribution is 0.0951. The van der Waals surface area contributed by atoms with Crippen molar-refractivity contribution < 1.29 is 4.79 Å². The fourth-order valence-electron chi connectivity index (χ4n) is 3.30. The number of halogens is 1. The third-order valence-corrected chi connectivity index (χ3v) is 5.88. The van der Waals surface area contributed by atoms with Gasteiger partial charge in [0.15, 0.2) is 0 Å². The van der Waals surface area contributed by atoms with Gasteiger partial charge in [0.1, 0.15) is 0 Å². The van der Waals surface area contributed by atoms with Crippen LogP contribution >= 0.6 is 22.9 Å². The maximum Gasteiger partial charge on any atom is 0.283 e. The molecule has 0 saturated carbocycles. The molecule has 2 heterocycles. The molecule has 0 atom stereocenters. The van der Waals surface area contributed by atoms with Crippen LogP contribution in [0.5, 0.6) is 0 Å². The summed E-state index contributed by atoms with van der Waals surface area (Å²) in [5, 5.41) is 12.0. The van der Waals surface area contributed by atoms with Crippen molar-refractivity contribution in [2.45, 2.75) is 6.54 Å². The number of amides is 1. The summed E-state index contributed by atoms with van der Waals surface area (Å²) in [5.41, 5.74) is 2.51. The highest BCUT2D eigenvalue weighted by atomic mass is 35.5. The van der Waals surface area contributed by atoms with E-state index in [1.807, 2.05) is 30.3 Å². The van der Waals surface area contributed by atoms with Crippen molar-refractivity contribution in [2.75, 3.05) is 5.32 Å². The van der Waals surface area contributed by atoms with Crippen LogP contribution in [0.3, 0.4) is 0 Å². The number of hydrogen-bond acceptors (Lipinski definition) is 6. The molecule has 0 aliphatic heterocycles. The molecule has 5 aromatic rings. The van der Waals surface area contributed by atoms with E-state index < -0.39 is 0 Å². The molecule has 3 aromatic carbocycles. The molecule has 0 fully saturated rings. The van der Waals surface area contributed by atoms with E-state index >= 15 is 0 Å². The molecule has 0 unspecified atom stereocenters. The molecule has 0 spiro atoms. The zero-order chi connectivity index (χ0) is 22.1. The first-order valence-electron chi connectivity index (χ1n) is 9.75. The molecule has 7 nitrogen and oxygen atoms in total. The summed E-state index contributed by atoms with van der Waals surface area (Å²) in [7, 11) is 0. The van der Waals surface area contributed by atoms with Gasteiger partial charge in [-0.05, 0) is 48.0 Å². The zero-order valence-electron chi connectivity index (χ0n) is 16.6. The highest BCUT2D eigenvalue weighted by Gasteiger charge is 2.12. The molecule has 0 aliphatic carbocycles. The molecule has 0 bridgehead atoms. The summed E-state index contributed by atoms with van der Waals surface area (Å²) < 4.78 is 1.29. The lowest BCUT2D eigenvalue weighted by atomic mass is 10.1. The maximum atomic E-state index is 12.7. The van der Waals surface area contributed by atoms with Crippen molar-refractivity contribution in [1.82, 2.24) is 19.9 Å². The molecule has 158 valence electrons. The molecule has 2 aromatic heterocycles. The molecular weight excluding hydrogens is 446 g/mol. The number of aromatic nitrogens is 3. The maximum absolute atomic E-state index is 12.7. The Morgan fingerprint density at radius 3 is 2.75 bits per heavy atom. The van der Waals surface area contributed by atoms with Gasteiger partial charge in [-0.15, -0.1) is 5.10 Å². The van der Waals surface area contributed by atoms with Gasteiger partial charge in [-0.2, -0.15) is 4.52 Å². The normalized spacial score (nSPS) is 11.0. The van der Waals surface area contributed by atoms with Crippen molar-refractivity contribution in [3.05, 3.63) is 99.3 Å². The Bertz CT molecular complexity index is 1530. The van der Waals surface area contributed by atoms with Crippen LogP contribution in [0.1, 0.15) is 15.9 Å². The quantitative estimate of drug-likeness (QED) is 0.398. The fraction of sp³-hybridized carbons (Fsp3) is 0.0435. The summed E-state index contributed by atoms with van der Waals surface area (Å²) in [6, 6.07) is 21.6. The van der Waals surface area contributed by atoms with Gasteiger partial charge in [-0.1, -0.05) is 53.3 Å². The predicted octanol–water partition coefficient (Wildman–Crippen LogP) is 4.63. The number of para-hydroxylation sites is 1. The van der Waals surface area contributed by atoms with Gasteiger partial charge >= 0.3 is 0 Å². The Hall–Kier alpha value is -3.75. The minimum atomic E-state index is -0.218. The van der Waals surface area contributed by atoms with E-state index in [1.54, 1.807) is 42.5 Å². The number of hydrogen-bond donors (Lipinski definition) is 2. The Labute approximate surface area is 191 Å². The summed E-state index contributed by atoms with van der Waals surface area (Å²) in [4.78, 5) is 30.3. The number of fused-ring (bicyclic) bond motifs is 2. The van der Waals surface area contributed by atoms with Crippen molar-refractivity contribution in [2.24, 2.45) is 0 Å². The average molecular weight is 462 g/mol. The van der Waals surface area contributed by atoms with Crippen LogP contribution in [0.25, 0.3) is 15.9 Å². The van der Waals surface area contributed by atoms with Gasteiger partial charge in [-0.25, -0.2) is 4.98 Å². The van der Waals surface area contributed by atoms with E-state index in [0.29, 0.717) is 43.8 Å². The minimum absolute atomic E-state index is 0.206. The minimum Gasteiger partial charge on any atom is -0.348 e. The van der Waals surface area contributed by atoms with Crippen molar-refractivity contribution in [3.63, 3.8) is 0 Å². The standard InChI is InChI=1S/C23H16ClN5O2S/c24-16-7-3-5-14(11-16)13-25-20(30)15-6-4-8-17(12-15)26-22-28-29-21(31)18-9-1-2-10-19(18)27-23(29)32-22/h1-12H,13H2,(H,25,30)(H,26,28). The summed E-state index contributed by atoms with van der Waals surface area (Å²) >= 11 is 7.25. The Morgan fingerprint density at radius 2 is 1.88 bits per heavy atom. The third-order valence-electron chi connectivity index (χ3n) is 4.82. The number of nitrogens with zero attached hydrogens (tertiary/aromatic N) is 3. The fourth-order valence-corrected chi connectivity index (χ4v) is 4.33. The van der Waals surface area contributed by atoms with Gasteiger partial charge < -0.3 is 10.6 Å². The Balaban J connectivity index is 1.36. The summed E-state index contributed by atoms with van der Waals surface area (Å²) in [6.45, 7) is 0.372. The first kappa shape index (κ1) is 20.2. The van der Waals surface area contributed by atoms with E-state index in [4.69, 9.17) is 11.6 Å². The van der Waals surface area contributed by atoms with Crippen molar-refractivity contribution in [3.8, 4) is 0 Å². The lowest BCUT2D eigenvalue weighted by Gasteiger charge is -2.08. The van der Waals surface area contributed by atoms with Gasteiger partial charge in [0.2, 0.25) is 10.1 Å². The highest BCUT2D eigenvalue weighted by Crippen LogP contribution is 2.23. The first-order valence-corrected chi connectivity index (χ1v) is 10.9.